The number of nitriles is 1. The van der Waals surface area contributed by atoms with E-state index < -0.39 is 0 Å². The van der Waals surface area contributed by atoms with Gasteiger partial charge in [0.25, 0.3) is 0 Å². The first-order chi connectivity index (χ1) is 6.72. The lowest BCUT2D eigenvalue weighted by atomic mass is 10.2. The van der Waals surface area contributed by atoms with Crippen LogP contribution in [0.15, 0.2) is 15.2 Å². The maximum Gasteiger partial charge on any atom is 0.231 e. The van der Waals surface area contributed by atoms with Gasteiger partial charge in [-0.1, -0.05) is 0 Å². The van der Waals surface area contributed by atoms with Gasteiger partial charge >= 0.3 is 0 Å². The summed E-state index contributed by atoms with van der Waals surface area (Å²) >= 11 is 1.56. The molecule has 0 atom stereocenters. The minimum atomic E-state index is 0.0769. The second kappa shape index (κ2) is 3.16. The molecule has 0 aliphatic heterocycles. The van der Waals surface area contributed by atoms with E-state index >= 15 is 0 Å². The Balaban J connectivity index is 2.54. The van der Waals surface area contributed by atoms with Crippen LogP contribution in [0.4, 0.5) is 5.88 Å². The second-order valence-corrected chi connectivity index (χ2v) is 3.56. The first kappa shape index (κ1) is 8.78. The molecule has 0 spiro atoms. The van der Waals surface area contributed by atoms with Gasteiger partial charge < -0.3 is 10.2 Å². The molecule has 0 saturated heterocycles. The van der Waals surface area contributed by atoms with Crippen molar-refractivity contribution in [1.29, 1.82) is 5.26 Å². The normalized spacial score (nSPS) is 10.0. The number of hydrogen-bond donors (Lipinski definition) is 1. The Morgan fingerprint density at radius 3 is 2.86 bits per heavy atom. The van der Waals surface area contributed by atoms with Crippen LogP contribution in [0, 0.1) is 18.3 Å². The van der Waals surface area contributed by atoms with Gasteiger partial charge in [0.05, 0.1) is 5.56 Å². The van der Waals surface area contributed by atoms with Gasteiger partial charge in [-0.3, -0.25) is 0 Å². The van der Waals surface area contributed by atoms with E-state index in [1.54, 1.807) is 11.3 Å². The third-order valence-corrected chi connectivity index (χ3v) is 2.71. The quantitative estimate of drug-likeness (QED) is 0.774. The standard InChI is InChI=1S/C9H7N3OS/c1-5-3-14-4-6(5)9-12-7(2-10)8(11)13-9/h3-4H,11H2,1H3. The van der Waals surface area contributed by atoms with Gasteiger partial charge in [0.1, 0.15) is 6.07 Å². The van der Waals surface area contributed by atoms with E-state index in [1.165, 1.54) is 0 Å². The molecule has 0 unspecified atom stereocenters. The topological polar surface area (TPSA) is 75.8 Å². The number of aryl methyl sites for hydroxylation is 1. The fourth-order valence-corrected chi connectivity index (χ4v) is 1.93. The van der Waals surface area contributed by atoms with Crippen molar-refractivity contribution in [3.05, 3.63) is 22.0 Å². The number of nitrogens with two attached hydrogens (primary N) is 1. The molecule has 0 radical (unpaired) electrons. The summed E-state index contributed by atoms with van der Waals surface area (Å²) in [5.41, 5.74) is 7.57. The van der Waals surface area contributed by atoms with Gasteiger partial charge in [-0.05, 0) is 17.9 Å². The van der Waals surface area contributed by atoms with Gasteiger partial charge in [-0.25, -0.2) is 0 Å². The van der Waals surface area contributed by atoms with Crippen LogP contribution in [0.3, 0.4) is 0 Å². The van der Waals surface area contributed by atoms with Crippen LogP contribution in [0.1, 0.15) is 11.3 Å². The van der Waals surface area contributed by atoms with Crippen LogP contribution >= 0.6 is 11.3 Å². The zero-order chi connectivity index (χ0) is 10.1. The third kappa shape index (κ3) is 1.26. The predicted molar refractivity (Wildman–Crippen MR) is 53.7 cm³/mol. The molecule has 2 heterocycles. The van der Waals surface area contributed by atoms with Crippen molar-refractivity contribution in [1.82, 2.24) is 4.98 Å². The second-order valence-electron chi connectivity index (χ2n) is 2.81. The maximum absolute atomic E-state index is 8.65. The number of oxazole rings is 1. The SMILES string of the molecule is Cc1cscc1-c1nc(C#N)c(N)o1. The van der Waals surface area contributed by atoms with Crippen molar-refractivity contribution in [3.63, 3.8) is 0 Å². The Morgan fingerprint density at radius 2 is 2.36 bits per heavy atom. The zero-order valence-corrected chi connectivity index (χ0v) is 8.26. The molecule has 4 nitrogen and oxygen atoms in total. The van der Waals surface area contributed by atoms with Gasteiger partial charge in [-0.15, -0.1) is 0 Å². The van der Waals surface area contributed by atoms with Crippen LogP contribution < -0.4 is 5.73 Å². The highest BCUT2D eigenvalue weighted by molar-refractivity contribution is 7.08. The summed E-state index contributed by atoms with van der Waals surface area (Å²) in [7, 11) is 0. The molecule has 0 fully saturated rings. The van der Waals surface area contributed by atoms with Crippen molar-refractivity contribution in [2.24, 2.45) is 0 Å². The largest absolute Gasteiger partial charge is 0.419 e. The average Bonchev–Trinajstić information content (AvgIpc) is 2.71. The summed E-state index contributed by atoms with van der Waals surface area (Å²) in [6.45, 7) is 1.96. The summed E-state index contributed by atoms with van der Waals surface area (Å²) in [5, 5.41) is 12.6. The number of nitrogens with zero attached hydrogens (tertiary/aromatic N) is 2. The Hall–Kier alpha value is -1.80. The minimum Gasteiger partial charge on any atom is -0.419 e. The molecule has 2 aromatic rings. The summed E-state index contributed by atoms with van der Waals surface area (Å²) in [4.78, 5) is 3.99. The molecule has 2 rings (SSSR count). The van der Waals surface area contributed by atoms with Crippen LogP contribution in [-0.2, 0) is 0 Å². The first-order valence-corrected chi connectivity index (χ1v) is 4.86. The maximum atomic E-state index is 8.65. The highest BCUT2D eigenvalue weighted by Gasteiger charge is 2.13. The van der Waals surface area contributed by atoms with Crippen molar-refractivity contribution >= 4 is 17.2 Å². The lowest BCUT2D eigenvalue weighted by Crippen LogP contribution is -1.84. The van der Waals surface area contributed by atoms with Gasteiger partial charge in [0.15, 0.2) is 0 Å². The molecule has 2 aromatic heterocycles. The molecule has 5 heteroatoms. The first-order valence-electron chi connectivity index (χ1n) is 3.92. The van der Waals surface area contributed by atoms with Crippen molar-refractivity contribution < 1.29 is 4.42 Å². The molecular formula is C9H7N3OS. The highest BCUT2D eigenvalue weighted by Crippen LogP contribution is 2.28. The van der Waals surface area contributed by atoms with Gasteiger partial charge in [-0.2, -0.15) is 21.6 Å². The molecule has 0 aromatic carbocycles. The summed E-state index contributed by atoms with van der Waals surface area (Å²) in [6.07, 6.45) is 0. The average molecular weight is 205 g/mol. The van der Waals surface area contributed by atoms with E-state index in [0.29, 0.717) is 5.89 Å². The number of thiophene rings is 1. The summed E-state index contributed by atoms with van der Waals surface area (Å²) < 4.78 is 5.18. The molecule has 0 aliphatic carbocycles. The molecule has 70 valence electrons. The summed E-state index contributed by atoms with van der Waals surface area (Å²) in [5.74, 6) is 0.492. The van der Waals surface area contributed by atoms with Crippen molar-refractivity contribution in [3.8, 4) is 17.5 Å². The summed E-state index contributed by atoms with van der Waals surface area (Å²) in [6, 6.07) is 1.87. The van der Waals surface area contributed by atoms with Crippen LogP contribution in [-0.4, -0.2) is 4.98 Å². The van der Waals surface area contributed by atoms with Crippen molar-refractivity contribution in [2.75, 3.05) is 5.73 Å². The van der Waals surface area contributed by atoms with E-state index in [-0.39, 0.29) is 11.6 Å². The molecular weight excluding hydrogens is 198 g/mol. The molecule has 0 bridgehead atoms. The van der Waals surface area contributed by atoms with E-state index in [1.807, 2.05) is 23.8 Å². The molecule has 2 N–H and O–H groups in total. The zero-order valence-electron chi connectivity index (χ0n) is 7.44. The van der Waals surface area contributed by atoms with E-state index in [0.717, 1.165) is 11.1 Å². The monoisotopic (exact) mass is 205 g/mol. The van der Waals surface area contributed by atoms with Crippen LogP contribution in [0.2, 0.25) is 0 Å². The number of hydrogen-bond acceptors (Lipinski definition) is 5. The number of nitrogen functional groups attached to an aromatic ring is 1. The molecule has 0 amide bonds. The number of anilines is 1. The molecule has 14 heavy (non-hydrogen) atoms. The fourth-order valence-electron chi connectivity index (χ4n) is 1.11. The molecule has 0 saturated carbocycles. The van der Waals surface area contributed by atoms with E-state index in [4.69, 9.17) is 15.4 Å². The van der Waals surface area contributed by atoms with Gasteiger partial charge in [0, 0.05) is 5.38 Å². The Morgan fingerprint density at radius 1 is 1.57 bits per heavy atom. The number of aromatic nitrogens is 1. The van der Waals surface area contributed by atoms with Crippen LogP contribution in [0.25, 0.3) is 11.5 Å². The predicted octanol–water partition coefficient (Wildman–Crippen LogP) is 2.17. The Labute approximate surface area is 84.6 Å². The smallest absolute Gasteiger partial charge is 0.231 e. The van der Waals surface area contributed by atoms with E-state index in [2.05, 4.69) is 4.98 Å². The third-order valence-electron chi connectivity index (χ3n) is 1.85. The lowest BCUT2D eigenvalue weighted by molar-refractivity contribution is 0.593. The lowest BCUT2D eigenvalue weighted by Gasteiger charge is -1.90. The minimum absolute atomic E-state index is 0.0769. The fraction of sp³-hybridized carbons (Fsp3) is 0.111. The Bertz CT molecular complexity index is 506. The Kier molecular flexibility index (Phi) is 1.98. The van der Waals surface area contributed by atoms with Crippen molar-refractivity contribution in [2.45, 2.75) is 6.92 Å². The van der Waals surface area contributed by atoms with Gasteiger partial charge in [0.2, 0.25) is 17.5 Å². The number of rotatable bonds is 1. The van der Waals surface area contributed by atoms with Crippen LogP contribution in [0.5, 0.6) is 0 Å². The molecule has 0 aliphatic rings. The highest BCUT2D eigenvalue weighted by atomic mass is 32.1. The van der Waals surface area contributed by atoms with E-state index in [9.17, 15) is 0 Å².